The minimum Gasteiger partial charge on any atom is -0.489 e. The number of carbonyl (C=O) groups is 1. The minimum absolute atomic E-state index is 0.121. The van der Waals surface area contributed by atoms with Crippen LogP contribution >= 0.6 is 11.3 Å². The summed E-state index contributed by atoms with van der Waals surface area (Å²) in [6.07, 6.45) is 0.628. The lowest BCUT2D eigenvalue weighted by Crippen LogP contribution is -1.96. The van der Waals surface area contributed by atoms with Gasteiger partial charge in [0.25, 0.3) is 0 Å². The number of thiazole rings is 1. The van der Waals surface area contributed by atoms with Crippen molar-refractivity contribution >= 4 is 28.1 Å². The topological polar surface area (TPSA) is 71.5 Å². The highest BCUT2D eigenvalue weighted by Gasteiger charge is 2.09. The van der Waals surface area contributed by atoms with Crippen LogP contribution < -0.4 is 10.1 Å². The van der Waals surface area contributed by atoms with E-state index in [1.807, 2.05) is 61.5 Å². The van der Waals surface area contributed by atoms with E-state index in [-0.39, 0.29) is 6.42 Å². The zero-order valence-corrected chi connectivity index (χ0v) is 15.3. The fourth-order valence-electron chi connectivity index (χ4n) is 2.43. The Morgan fingerprint density at radius 2 is 1.88 bits per heavy atom. The molecule has 134 valence electrons. The molecule has 0 atom stereocenters. The van der Waals surface area contributed by atoms with Crippen molar-refractivity contribution in [1.82, 2.24) is 4.98 Å². The Bertz CT molecular complexity index is 861. The predicted molar refractivity (Wildman–Crippen MR) is 103 cm³/mol. The number of nitrogens with zero attached hydrogens (tertiary/aromatic N) is 1. The number of nitrogens with one attached hydrogen (secondary N) is 1. The molecule has 2 aromatic carbocycles. The van der Waals surface area contributed by atoms with Gasteiger partial charge in [0.2, 0.25) is 0 Å². The molecule has 0 spiro atoms. The number of hydrogen-bond acceptors (Lipinski definition) is 5. The molecular formula is C20H20N2O3S. The van der Waals surface area contributed by atoms with Gasteiger partial charge in [-0.05, 0) is 43.2 Å². The fraction of sp³-hybridized carbons (Fsp3) is 0.200. The third-order valence-electron chi connectivity index (χ3n) is 3.81. The van der Waals surface area contributed by atoms with Gasteiger partial charge in [0.05, 0.1) is 12.1 Å². The summed E-state index contributed by atoms with van der Waals surface area (Å²) in [5.74, 6) is 0.00951. The van der Waals surface area contributed by atoms with Crippen molar-refractivity contribution in [2.45, 2.75) is 26.4 Å². The van der Waals surface area contributed by atoms with E-state index < -0.39 is 5.97 Å². The molecule has 3 aromatic rings. The van der Waals surface area contributed by atoms with Gasteiger partial charge < -0.3 is 15.2 Å². The lowest BCUT2D eigenvalue weighted by Gasteiger charge is -2.07. The second-order valence-electron chi connectivity index (χ2n) is 5.84. The van der Waals surface area contributed by atoms with E-state index in [9.17, 15) is 4.79 Å². The van der Waals surface area contributed by atoms with E-state index in [0.29, 0.717) is 13.0 Å². The maximum absolute atomic E-state index is 10.7. The first kappa shape index (κ1) is 17.9. The average molecular weight is 368 g/mol. The highest BCUT2D eigenvalue weighted by Crippen LogP contribution is 2.27. The number of carboxylic acid groups (broad SMARTS) is 1. The molecule has 0 aliphatic heterocycles. The number of ether oxygens (including phenoxy) is 1. The van der Waals surface area contributed by atoms with E-state index in [2.05, 4.69) is 10.3 Å². The standard InChI is InChI=1S/C20H20N2O3S/c1-14-18(11-12-19(23)24)26-20(21-14)22-16-7-9-17(10-8-16)25-13-15-5-3-2-4-6-15/h2-10H,11-13H2,1H3,(H,21,22)(H,23,24). The minimum atomic E-state index is -0.793. The maximum atomic E-state index is 10.7. The Kier molecular flexibility index (Phi) is 5.86. The van der Waals surface area contributed by atoms with Crippen molar-refractivity contribution in [1.29, 1.82) is 0 Å². The van der Waals surface area contributed by atoms with Crippen LogP contribution in [-0.2, 0) is 17.8 Å². The first-order valence-corrected chi connectivity index (χ1v) is 9.14. The molecule has 5 nitrogen and oxygen atoms in total. The van der Waals surface area contributed by atoms with Gasteiger partial charge in [0.15, 0.2) is 5.13 Å². The van der Waals surface area contributed by atoms with Gasteiger partial charge in [-0.2, -0.15) is 0 Å². The summed E-state index contributed by atoms with van der Waals surface area (Å²) in [7, 11) is 0. The van der Waals surface area contributed by atoms with Crippen LogP contribution in [0, 0.1) is 6.92 Å². The smallest absolute Gasteiger partial charge is 0.303 e. The third kappa shape index (κ3) is 5.07. The Morgan fingerprint density at radius 3 is 2.58 bits per heavy atom. The Balaban J connectivity index is 1.57. The summed E-state index contributed by atoms with van der Waals surface area (Å²) in [6, 6.07) is 17.7. The predicted octanol–water partition coefficient (Wildman–Crippen LogP) is 4.79. The summed E-state index contributed by atoms with van der Waals surface area (Å²) < 4.78 is 5.78. The van der Waals surface area contributed by atoms with Crippen LogP contribution in [0.1, 0.15) is 22.6 Å². The van der Waals surface area contributed by atoms with Crippen molar-refractivity contribution in [2.75, 3.05) is 5.32 Å². The Labute approximate surface area is 156 Å². The van der Waals surface area contributed by atoms with Crippen molar-refractivity contribution in [3.8, 4) is 5.75 Å². The summed E-state index contributed by atoms with van der Waals surface area (Å²) >= 11 is 1.49. The molecule has 0 radical (unpaired) electrons. The number of rotatable bonds is 8. The average Bonchev–Trinajstić information content (AvgIpc) is 2.99. The molecule has 0 aliphatic rings. The molecule has 2 N–H and O–H groups in total. The number of aryl methyl sites for hydroxylation is 2. The summed E-state index contributed by atoms with van der Waals surface area (Å²) in [5.41, 5.74) is 2.92. The highest BCUT2D eigenvalue weighted by atomic mass is 32.1. The van der Waals surface area contributed by atoms with Crippen LogP contribution in [-0.4, -0.2) is 16.1 Å². The number of aliphatic carboxylic acids is 1. The lowest BCUT2D eigenvalue weighted by molar-refractivity contribution is -0.136. The molecule has 6 heteroatoms. The zero-order valence-electron chi connectivity index (χ0n) is 14.4. The Hall–Kier alpha value is -2.86. The van der Waals surface area contributed by atoms with Crippen LogP contribution in [0.4, 0.5) is 10.8 Å². The van der Waals surface area contributed by atoms with Gasteiger partial charge in [0, 0.05) is 10.6 Å². The second-order valence-corrected chi connectivity index (χ2v) is 6.93. The lowest BCUT2D eigenvalue weighted by atomic mass is 10.2. The van der Waals surface area contributed by atoms with Gasteiger partial charge in [-0.1, -0.05) is 30.3 Å². The normalized spacial score (nSPS) is 10.5. The van der Waals surface area contributed by atoms with Crippen molar-refractivity contribution in [3.05, 3.63) is 70.7 Å². The fourth-order valence-corrected chi connectivity index (χ4v) is 3.42. The van der Waals surface area contributed by atoms with Crippen molar-refractivity contribution in [2.24, 2.45) is 0 Å². The molecule has 0 fully saturated rings. The maximum Gasteiger partial charge on any atom is 0.303 e. The molecule has 26 heavy (non-hydrogen) atoms. The molecule has 0 bridgehead atoms. The molecule has 0 saturated heterocycles. The second kappa shape index (κ2) is 8.49. The molecular weight excluding hydrogens is 348 g/mol. The summed E-state index contributed by atoms with van der Waals surface area (Å²) in [5, 5.41) is 12.8. The summed E-state index contributed by atoms with van der Waals surface area (Å²) in [4.78, 5) is 16.2. The van der Waals surface area contributed by atoms with Gasteiger partial charge in [0.1, 0.15) is 12.4 Å². The zero-order chi connectivity index (χ0) is 18.4. The SMILES string of the molecule is Cc1nc(Nc2ccc(OCc3ccccc3)cc2)sc1CCC(=O)O. The van der Waals surface area contributed by atoms with Crippen LogP contribution in [0.2, 0.25) is 0 Å². The van der Waals surface area contributed by atoms with Gasteiger partial charge in [-0.15, -0.1) is 11.3 Å². The van der Waals surface area contributed by atoms with Crippen molar-refractivity contribution < 1.29 is 14.6 Å². The molecule has 0 unspecified atom stereocenters. The van der Waals surface area contributed by atoms with E-state index in [4.69, 9.17) is 9.84 Å². The number of aromatic nitrogens is 1. The van der Waals surface area contributed by atoms with Gasteiger partial charge in [-0.25, -0.2) is 4.98 Å². The molecule has 0 amide bonds. The molecule has 1 heterocycles. The Morgan fingerprint density at radius 1 is 1.15 bits per heavy atom. The van der Waals surface area contributed by atoms with Gasteiger partial charge in [-0.3, -0.25) is 4.79 Å². The van der Waals surface area contributed by atoms with E-state index >= 15 is 0 Å². The first-order chi connectivity index (χ1) is 12.6. The van der Waals surface area contributed by atoms with Crippen LogP contribution in [0.25, 0.3) is 0 Å². The van der Waals surface area contributed by atoms with E-state index in [1.165, 1.54) is 11.3 Å². The van der Waals surface area contributed by atoms with Crippen LogP contribution in [0.3, 0.4) is 0 Å². The van der Waals surface area contributed by atoms with Crippen LogP contribution in [0.5, 0.6) is 5.75 Å². The third-order valence-corrected chi connectivity index (χ3v) is 4.95. The first-order valence-electron chi connectivity index (χ1n) is 8.32. The quantitative estimate of drug-likeness (QED) is 0.598. The number of anilines is 2. The van der Waals surface area contributed by atoms with Crippen LogP contribution in [0.15, 0.2) is 54.6 Å². The molecule has 3 rings (SSSR count). The number of hydrogen-bond donors (Lipinski definition) is 2. The van der Waals surface area contributed by atoms with E-state index in [0.717, 1.165) is 32.7 Å². The largest absolute Gasteiger partial charge is 0.489 e. The van der Waals surface area contributed by atoms with E-state index in [1.54, 1.807) is 0 Å². The molecule has 0 aliphatic carbocycles. The van der Waals surface area contributed by atoms with Crippen molar-refractivity contribution in [3.63, 3.8) is 0 Å². The number of carboxylic acids is 1. The monoisotopic (exact) mass is 368 g/mol. The highest BCUT2D eigenvalue weighted by molar-refractivity contribution is 7.15. The molecule has 0 saturated carbocycles. The van der Waals surface area contributed by atoms with Gasteiger partial charge >= 0.3 is 5.97 Å². The summed E-state index contributed by atoms with van der Waals surface area (Å²) in [6.45, 7) is 2.44. The number of benzene rings is 2. The molecule has 1 aromatic heterocycles.